The van der Waals surface area contributed by atoms with Gasteiger partial charge in [-0.15, -0.1) is 12.4 Å². The highest BCUT2D eigenvalue weighted by Crippen LogP contribution is 2.30. The summed E-state index contributed by atoms with van der Waals surface area (Å²) in [6, 6.07) is 7.18. The van der Waals surface area contributed by atoms with Gasteiger partial charge in [0, 0.05) is 18.2 Å². The Labute approximate surface area is 153 Å². The summed E-state index contributed by atoms with van der Waals surface area (Å²) < 4.78 is 5.22. The van der Waals surface area contributed by atoms with Crippen LogP contribution in [0.2, 0.25) is 5.02 Å². The zero-order valence-electron chi connectivity index (χ0n) is 13.8. The van der Waals surface area contributed by atoms with E-state index in [1.165, 1.54) is 0 Å². The molecule has 1 heterocycles. The van der Waals surface area contributed by atoms with Crippen molar-refractivity contribution in [3.8, 4) is 11.3 Å². The molecule has 2 aromatic rings. The van der Waals surface area contributed by atoms with Gasteiger partial charge < -0.3 is 15.6 Å². The molecule has 132 valence electrons. The van der Waals surface area contributed by atoms with Crippen molar-refractivity contribution < 1.29 is 9.32 Å². The van der Waals surface area contributed by atoms with Crippen molar-refractivity contribution in [3.05, 3.63) is 40.6 Å². The van der Waals surface area contributed by atoms with Crippen LogP contribution in [0.3, 0.4) is 0 Å². The Hall–Kier alpha value is -1.56. The van der Waals surface area contributed by atoms with Crippen molar-refractivity contribution in [2.24, 2.45) is 5.73 Å². The molecule has 7 heteroatoms. The number of halogens is 2. The number of nitrogens with two attached hydrogens (primary N) is 1. The Morgan fingerprint density at radius 1 is 1.42 bits per heavy atom. The minimum atomic E-state index is -0.231. The fraction of sp³-hybridized carbons (Fsp3) is 0.412. The number of rotatable bonds is 7. The van der Waals surface area contributed by atoms with Crippen LogP contribution in [-0.4, -0.2) is 23.7 Å². The van der Waals surface area contributed by atoms with Gasteiger partial charge in [0.2, 0.25) is 0 Å². The van der Waals surface area contributed by atoms with Crippen LogP contribution in [0.15, 0.2) is 28.8 Å². The molecule has 0 spiro atoms. The summed E-state index contributed by atoms with van der Waals surface area (Å²) in [5, 5.41) is 7.50. The molecule has 1 atom stereocenters. The third kappa shape index (κ3) is 4.72. The van der Waals surface area contributed by atoms with E-state index in [0.29, 0.717) is 34.1 Å². The molecule has 0 aliphatic rings. The van der Waals surface area contributed by atoms with Gasteiger partial charge in [-0.3, -0.25) is 4.79 Å². The number of aryl methyl sites for hydroxylation is 1. The van der Waals surface area contributed by atoms with E-state index < -0.39 is 0 Å². The number of nitrogens with zero attached hydrogens (tertiary/aromatic N) is 1. The SMILES string of the molecule is CCCCC(CN)NC(=O)c1c(-c2ccccc2Cl)noc1C.Cl. The molecule has 1 amide bonds. The van der Waals surface area contributed by atoms with Crippen molar-refractivity contribution >= 4 is 29.9 Å². The highest BCUT2D eigenvalue weighted by molar-refractivity contribution is 6.33. The topological polar surface area (TPSA) is 81.1 Å². The van der Waals surface area contributed by atoms with Gasteiger partial charge in [-0.25, -0.2) is 0 Å². The van der Waals surface area contributed by atoms with Crippen molar-refractivity contribution in [2.75, 3.05) is 6.54 Å². The standard InChI is InChI=1S/C17H22ClN3O2.ClH/c1-3-4-7-12(10-19)20-17(22)15-11(2)23-21-16(15)13-8-5-6-9-14(13)18;/h5-6,8-9,12H,3-4,7,10,19H2,1-2H3,(H,20,22);1H. The lowest BCUT2D eigenvalue weighted by molar-refractivity contribution is 0.0935. The first-order valence-corrected chi connectivity index (χ1v) is 8.18. The molecule has 0 saturated carbocycles. The molecule has 2 rings (SSSR count). The predicted octanol–water partition coefficient (Wildman–Crippen LogP) is 3.97. The van der Waals surface area contributed by atoms with Crippen molar-refractivity contribution in [1.29, 1.82) is 0 Å². The third-order valence-electron chi connectivity index (χ3n) is 3.74. The Balaban J connectivity index is 0.00000288. The fourth-order valence-corrected chi connectivity index (χ4v) is 2.66. The first-order chi connectivity index (χ1) is 11.1. The zero-order valence-corrected chi connectivity index (χ0v) is 15.4. The minimum absolute atomic E-state index is 0. The van der Waals surface area contributed by atoms with Crippen LogP contribution in [0.1, 0.15) is 42.3 Å². The van der Waals surface area contributed by atoms with Gasteiger partial charge in [0.25, 0.3) is 5.91 Å². The van der Waals surface area contributed by atoms with E-state index in [1.54, 1.807) is 13.0 Å². The van der Waals surface area contributed by atoms with Gasteiger partial charge >= 0.3 is 0 Å². The summed E-state index contributed by atoms with van der Waals surface area (Å²) in [5.41, 5.74) is 7.29. The number of aromatic nitrogens is 1. The van der Waals surface area contributed by atoms with E-state index >= 15 is 0 Å². The summed E-state index contributed by atoms with van der Waals surface area (Å²) in [4.78, 5) is 12.7. The van der Waals surface area contributed by atoms with Crippen LogP contribution in [0.5, 0.6) is 0 Å². The first kappa shape index (κ1) is 20.5. The molecule has 1 aromatic carbocycles. The van der Waals surface area contributed by atoms with Gasteiger partial charge in [-0.05, 0) is 19.4 Å². The van der Waals surface area contributed by atoms with Gasteiger partial charge in [0.05, 0.1) is 5.02 Å². The van der Waals surface area contributed by atoms with Crippen LogP contribution >= 0.6 is 24.0 Å². The average Bonchev–Trinajstić information content (AvgIpc) is 2.93. The van der Waals surface area contributed by atoms with Crippen LogP contribution in [-0.2, 0) is 0 Å². The predicted molar refractivity (Wildman–Crippen MR) is 98.8 cm³/mol. The van der Waals surface area contributed by atoms with E-state index in [2.05, 4.69) is 17.4 Å². The van der Waals surface area contributed by atoms with Crippen LogP contribution < -0.4 is 11.1 Å². The Bertz CT molecular complexity index is 674. The number of carbonyl (C=O) groups is 1. The largest absolute Gasteiger partial charge is 0.360 e. The third-order valence-corrected chi connectivity index (χ3v) is 4.07. The average molecular weight is 372 g/mol. The maximum absolute atomic E-state index is 12.7. The normalized spacial score (nSPS) is 11.7. The molecular weight excluding hydrogens is 349 g/mol. The molecule has 0 radical (unpaired) electrons. The number of benzene rings is 1. The molecule has 0 bridgehead atoms. The Kier molecular flexibility index (Phi) is 8.25. The van der Waals surface area contributed by atoms with Crippen molar-refractivity contribution in [2.45, 2.75) is 39.2 Å². The number of carbonyl (C=O) groups excluding carboxylic acids is 1. The first-order valence-electron chi connectivity index (χ1n) is 7.80. The highest BCUT2D eigenvalue weighted by atomic mass is 35.5. The minimum Gasteiger partial charge on any atom is -0.360 e. The molecule has 1 unspecified atom stereocenters. The molecule has 3 N–H and O–H groups in total. The molecule has 0 aliphatic carbocycles. The summed E-state index contributed by atoms with van der Waals surface area (Å²) >= 11 is 6.21. The Morgan fingerprint density at radius 3 is 2.75 bits per heavy atom. The lowest BCUT2D eigenvalue weighted by Gasteiger charge is -2.16. The van der Waals surface area contributed by atoms with Crippen LogP contribution in [0, 0.1) is 6.92 Å². The summed E-state index contributed by atoms with van der Waals surface area (Å²) in [6.07, 6.45) is 2.93. The second-order valence-electron chi connectivity index (χ2n) is 5.49. The summed E-state index contributed by atoms with van der Waals surface area (Å²) in [6.45, 7) is 4.22. The molecule has 24 heavy (non-hydrogen) atoms. The van der Waals surface area contributed by atoms with E-state index in [0.717, 1.165) is 19.3 Å². The van der Waals surface area contributed by atoms with Crippen molar-refractivity contribution in [3.63, 3.8) is 0 Å². The summed E-state index contributed by atoms with van der Waals surface area (Å²) in [7, 11) is 0. The number of hydrogen-bond acceptors (Lipinski definition) is 4. The molecule has 0 saturated heterocycles. The van der Waals surface area contributed by atoms with Gasteiger partial charge in [0.15, 0.2) is 0 Å². The fourth-order valence-electron chi connectivity index (χ4n) is 2.43. The monoisotopic (exact) mass is 371 g/mol. The van der Waals surface area contributed by atoms with Gasteiger partial charge in [0.1, 0.15) is 17.0 Å². The molecule has 1 aromatic heterocycles. The molecular formula is C17H23Cl2N3O2. The van der Waals surface area contributed by atoms with Crippen LogP contribution in [0.4, 0.5) is 0 Å². The smallest absolute Gasteiger partial charge is 0.257 e. The van der Waals surface area contributed by atoms with E-state index in [9.17, 15) is 4.79 Å². The molecule has 5 nitrogen and oxygen atoms in total. The number of unbranched alkanes of at least 4 members (excludes halogenated alkanes) is 1. The number of amides is 1. The molecule has 0 fully saturated rings. The summed E-state index contributed by atoms with van der Waals surface area (Å²) in [5.74, 6) is 0.230. The quantitative estimate of drug-likeness (QED) is 0.771. The van der Waals surface area contributed by atoms with Crippen molar-refractivity contribution in [1.82, 2.24) is 10.5 Å². The van der Waals surface area contributed by atoms with E-state index in [-0.39, 0.29) is 24.4 Å². The lowest BCUT2D eigenvalue weighted by Crippen LogP contribution is -2.40. The van der Waals surface area contributed by atoms with E-state index in [4.69, 9.17) is 21.9 Å². The second-order valence-corrected chi connectivity index (χ2v) is 5.90. The second kappa shape index (κ2) is 9.67. The lowest BCUT2D eigenvalue weighted by atomic mass is 10.0. The zero-order chi connectivity index (χ0) is 16.8. The maximum atomic E-state index is 12.7. The molecule has 0 aliphatic heterocycles. The van der Waals surface area contributed by atoms with E-state index in [1.807, 2.05) is 18.2 Å². The maximum Gasteiger partial charge on any atom is 0.257 e. The van der Waals surface area contributed by atoms with Crippen LogP contribution in [0.25, 0.3) is 11.3 Å². The number of nitrogens with one attached hydrogen (secondary N) is 1. The van der Waals surface area contributed by atoms with Gasteiger partial charge in [-0.2, -0.15) is 0 Å². The number of hydrogen-bond donors (Lipinski definition) is 2. The highest BCUT2D eigenvalue weighted by Gasteiger charge is 2.24. The Morgan fingerprint density at radius 2 is 2.12 bits per heavy atom. The van der Waals surface area contributed by atoms with Gasteiger partial charge in [-0.1, -0.05) is 54.7 Å².